The van der Waals surface area contributed by atoms with Crippen LogP contribution in [0.4, 0.5) is 0 Å². The first-order valence-electron chi connectivity index (χ1n) is 4.89. The van der Waals surface area contributed by atoms with Crippen molar-refractivity contribution in [1.29, 1.82) is 0 Å². The third kappa shape index (κ3) is 4.24. The molecule has 4 heteroatoms. The maximum Gasteiger partial charge on any atom is 0.234 e. The molecule has 0 saturated heterocycles. The van der Waals surface area contributed by atoms with Gasteiger partial charge in [-0.25, -0.2) is 0 Å². The Morgan fingerprint density at radius 2 is 2.31 bits per heavy atom. The molecule has 0 spiro atoms. The maximum absolute atomic E-state index is 11.2. The topological polar surface area (TPSA) is 61.4 Å². The normalized spacial score (nSPS) is 18.3. The van der Waals surface area contributed by atoms with Crippen molar-refractivity contribution >= 4 is 5.91 Å². The summed E-state index contributed by atoms with van der Waals surface area (Å²) in [6, 6.07) is 0.466. The first-order valence-corrected chi connectivity index (χ1v) is 4.89. The Labute approximate surface area is 78.7 Å². The molecule has 1 fully saturated rings. The molecule has 0 aromatic carbocycles. The number of nitrogens with one attached hydrogen (secondary N) is 2. The number of carbonyl (C=O) groups excluding carboxylic acids is 1. The molecular formula is C9H18N2O2. The fourth-order valence-electron chi connectivity index (χ4n) is 1.08. The Balaban J connectivity index is 2.07. The summed E-state index contributed by atoms with van der Waals surface area (Å²) in [7, 11) is 0. The van der Waals surface area contributed by atoms with Gasteiger partial charge in [0.1, 0.15) is 0 Å². The van der Waals surface area contributed by atoms with E-state index in [2.05, 4.69) is 10.6 Å². The van der Waals surface area contributed by atoms with Crippen LogP contribution in [0.5, 0.6) is 0 Å². The van der Waals surface area contributed by atoms with Crippen molar-refractivity contribution in [2.75, 3.05) is 13.2 Å². The SMILES string of the molecule is CC[C@H](CO)NC(=O)CNC1CC1. The summed E-state index contributed by atoms with van der Waals surface area (Å²) in [5.41, 5.74) is 0. The third-order valence-corrected chi connectivity index (χ3v) is 2.21. The second-order valence-electron chi connectivity index (χ2n) is 3.51. The lowest BCUT2D eigenvalue weighted by Gasteiger charge is -2.13. The highest BCUT2D eigenvalue weighted by molar-refractivity contribution is 5.78. The van der Waals surface area contributed by atoms with Crippen LogP contribution in [0.3, 0.4) is 0 Å². The molecular weight excluding hydrogens is 168 g/mol. The average Bonchev–Trinajstić information content (AvgIpc) is 2.94. The zero-order chi connectivity index (χ0) is 9.68. The zero-order valence-corrected chi connectivity index (χ0v) is 8.05. The van der Waals surface area contributed by atoms with Gasteiger partial charge in [0.25, 0.3) is 0 Å². The van der Waals surface area contributed by atoms with Crippen LogP contribution < -0.4 is 10.6 Å². The highest BCUT2D eigenvalue weighted by Gasteiger charge is 2.21. The molecule has 3 N–H and O–H groups in total. The van der Waals surface area contributed by atoms with E-state index in [9.17, 15) is 4.79 Å². The van der Waals surface area contributed by atoms with Gasteiger partial charge < -0.3 is 15.7 Å². The second kappa shape index (κ2) is 5.19. The molecule has 0 aromatic heterocycles. The number of aliphatic hydroxyl groups is 1. The number of hydrogen-bond acceptors (Lipinski definition) is 3. The first-order chi connectivity index (χ1) is 6.26. The van der Waals surface area contributed by atoms with E-state index in [0.717, 1.165) is 6.42 Å². The van der Waals surface area contributed by atoms with Crippen LogP contribution >= 0.6 is 0 Å². The number of amides is 1. The predicted octanol–water partition coefficient (Wildman–Crippen LogP) is -0.374. The summed E-state index contributed by atoms with van der Waals surface area (Å²) in [6.45, 7) is 2.34. The molecule has 76 valence electrons. The van der Waals surface area contributed by atoms with Crippen molar-refractivity contribution in [3.05, 3.63) is 0 Å². The van der Waals surface area contributed by atoms with Crippen molar-refractivity contribution < 1.29 is 9.90 Å². The number of aliphatic hydroxyl groups excluding tert-OH is 1. The van der Waals surface area contributed by atoms with Crippen LogP contribution in [-0.2, 0) is 4.79 Å². The molecule has 1 aliphatic carbocycles. The summed E-state index contributed by atoms with van der Waals surface area (Å²) in [5.74, 6) is -0.0206. The summed E-state index contributed by atoms with van der Waals surface area (Å²) in [6.07, 6.45) is 3.14. The lowest BCUT2D eigenvalue weighted by Crippen LogP contribution is -2.42. The van der Waals surface area contributed by atoms with E-state index >= 15 is 0 Å². The van der Waals surface area contributed by atoms with Crippen LogP contribution in [-0.4, -0.2) is 36.2 Å². The van der Waals surface area contributed by atoms with Gasteiger partial charge in [-0.05, 0) is 19.3 Å². The summed E-state index contributed by atoms with van der Waals surface area (Å²) < 4.78 is 0. The van der Waals surface area contributed by atoms with Crippen molar-refractivity contribution in [2.45, 2.75) is 38.3 Å². The van der Waals surface area contributed by atoms with Gasteiger partial charge in [0.15, 0.2) is 0 Å². The highest BCUT2D eigenvalue weighted by Crippen LogP contribution is 2.17. The quantitative estimate of drug-likeness (QED) is 0.530. The highest BCUT2D eigenvalue weighted by atomic mass is 16.3. The Morgan fingerprint density at radius 3 is 2.77 bits per heavy atom. The standard InChI is InChI=1S/C9H18N2O2/c1-2-7(6-12)11-9(13)5-10-8-3-4-8/h7-8,10,12H,2-6H2,1H3,(H,11,13)/t7-/m1/s1. The van der Waals surface area contributed by atoms with Crippen molar-refractivity contribution in [3.63, 3.8) is 0 Å². The van der Waals surface area contributed by atoms with Gasteiger partial charge in [-0.3, -0.25) is 4.79 Å². The fourth-order valence-corrected chi connectivity index (χ4v) is 1.08. The molecule has 0 bridgehead atoms. The van der Waals surface area contributed by atoms with Gasteiger partial charge in [0.2, 0.25) is 5.91 Å². The Kier molecular flexibility index (Phi) is 4.18. The fraction of sp³-hybridized carbons (Fsp3) is 0.889. The van der Waals surface area contributed by atoms with Gasteiger partial charge in [0.05, 0.1) is 19.2 Å². The monoisotopic (exact) mass is 186 g/mol. The van der Waals surface area contributed by atoms with Crippen molar-refractivity contribution in [2.24, 2.45) is 0 Å². The summed E-state index contributed by atoms with van der Waals surface area (Å²) >= 11 is 0. The van der Waals surface area contributed by atoms with Crippen LogP contribution in [0.1, 0.15) is 26.2 Å². The van der Waals surface area contributed by atoms with Gasteiger partial charge in [-0.15, -0.1) is 0 Å². The van der Waals surface area contributed by atoms with Crippen molar-refractivity contribution in [3.8, 4) is 0 Å². The number of hydrogen-bond donors (Lipinski definition) is 3. The van der Waals surface area contributed by atoms with Gasteiger partial charge in [-0.1, -0.05) is 6.92 Å². The minimum Gasteiger partial charge on any atom is -0.394 e. The Bertz CT molecular complexity index is 165. The lowest BCUT2D eigenvalue weighted by atomic mass is 10.2. The smallest absolute Gasteiger partial charge is 0.234 e. The molecule has 1 amide bonds. The van der Waals surface area contributed by atoms with Gasteiger partial charge in [-0.2, -0.15) is 0 Å². The molecule has 1 aliphatic rings. The predicted molar refractivity (Wildman–Crippen MR) is 50.3 cm³/mol. The second-order valence-corrected chi connectivity index (χ2v) is 3.51. The molecule has 0 radical (unpaired) electrons. The summed E-state index contributed by atoms with van der Waals surface area (Å²) in [4.78, 5) is 11.2. The molecule has 13 heavy (non-hydrogen) atoms. The number of carbonyl (C=O) groups is 1. The van der Waals surface area contributed by atoms with E-state index in [1.165, 1.54) is 12.8 Å². The van der Waals surface area contributed by atoms with Crippen molar-refractivity contribution in [1.82, 2.24) is 10.6 Å². The average molecular weight is 186 g/mol. The molecule has 0 heterocycles. The van der Waals surface area contributed by atoms with E-state index in [4.69, 9.17) is 5.11 Å². The maximum atomic E-state index is 11.2. The van der Waals surface area contributed by atoms with Crippen LogP contribution in [0.25, 0.3) is 0 Å². The van der Waals surface area contributed by atoms with E-state index < -0.39 is 0 Å². The molecule has 1 rings (SSSR count). The van der Waals surface area contributed by atoms with E-state index in [1.807, 2.05) is 6.92 Å². The number of rotatable bonds is 6. The molecule has 0 unspecified atom stereocenters. The van der Waals surface area contributed by atoms with E-state index in [-0.39, 0.29) is 18.6 Å². The third-order valence-electron chi connectivity index (χ3n) is 2.21. The first kappa shape index (κ1) is 10.5. The van der Waals surface area contributed by atoms with Crippen LogP contribution in [0.2, 0.25) is 0 Å². The van der Waals surface area contributed by atoms with Gasteiger partial charge >= 0.3 is 0 Å². The summed E-state index contributed by atoms with van der Waals surface area (Å²) in [5, 5.41) is 14.7. The Hall–Kier alpha value is -0.610. The largest absolute Gasteiger partial charge is 0.394 e. The van der Waals surface area contributed by atoms with E-state index in [1.54, 1.807) is 0 Å². The minimum absolute atomic E-state index is 0.0195. The molecule has 0 aromatic rings. The molecule has 1 atom stereocenters. The van der Waals surface area contributed by atoms with Gasteiger partial charge in [0, 0.05) is 6.04 Å². The minimum atomic E-state index is -0.0893. The molecule has 0 aliphatic heterocycles. The van der Waals surface area contributed by atoms with E-state index in [0.29, 0.717) is 12.6 Å². The molecule has 1 saturated carbocycles. The molecule has 4 nitrogen and oxygen atoms in total. The lowest BCUT2D eigenvalue weighted by molar-refractivity contribution is -0.121. The van der Waals surface area contributed by atoms with Crippen LogP contribution in [0.15, 0.2) is 0 Å². The zero-order valence-electron chi connectivity index (χ0n) is 8.05. The Morgan fingerprint density at radius 1 is 1.62 bits per heavy atom. The van der Waals surface area contributed by atoms with Crippen LogP contribution in [0, 0.1) is 0 Å².